The Kier molecular flexibility index (Phi) is 31.7. The predicted molar refractivity (Wildman–Crippen MR) is 372 cm³/mol. The summed E-state index contributed by atoms with van der Waals surface area (Å²) in [6.45, 7) is 20.8. The molecule has 0 radical (unpaired) electrons. The molecule has 2 aliphatic heterocycles. The molecule has 2 aromatic carbocycles. The third-order valence-electron chi connectivity index (χ3n) is 18.4. The molecule has 26 nitrogen and oxygen atoms in total. The molecular weight excluding hydrogens is 1310 g/mol. The van der Waals surface area contributed by atoms with Crippen molar-refractivity contribution in [3.63, 3.8) is 0 Å². The number of likely N-dealkylation sites (tertiary alicyclic amines) is 1. The Balaban J connectivity index is 1.96. The number of piperidine rings is 1. The minimum absolute atomic E-state index is 0.0236. The second kappa shape index (κ2) is 37.6. The maximum atomic E-state index is 15.2. The molecule has 0 aromatic heterocycles. The Morgan fingerprint density at radius 1 is 0.545 bits per heavy atom. The smallest absolute Gasteiger partial charge is 0.391 e. The highest BCUT2D eigenvalue weighted by Crippen LogP contribution is 2.30. The summed E-state index contributed by atoms with van der Waals surface area (Å²) in [6, 6.07) is -2.31. The molecule has 2 fully saturated rings. The van der Waals surface area contributed by atoms with Crippen LogP contribution in [0.4, 0.5) is 13.2 Å². The maximum absolute atomic E-state index is 15.2. The summed E-state index contributed by atoms with van der Waals surface area (Å²) in [7, 11) is 7.80. The van der Waals surface area contributed by atoms with Crippen LogP contribution in [0.25, 0.3) is 0 Å². The summed E-state index contributed by atoms with van der Waals surface area (Å²) in [5, 5.41) is 24.7. The number of nitrogens with zero attached hydrogens (tertiary/aromatic N) is 7. The van der Waals surface area contributed by atoms with E-state index in [1.54, 1.807) is 106 Å². The number of rotatable bonds is 14. The number of carbonyl (C=O) groups is 12. The summed E-state index contributed by atoms with van der Waals surface area (Å²) in [6.07, 6.45) is -5.61. The first-order valence-electron chi connectivity index (χ1n) is 34.8. The van der Waals surface area contributed by atoms with Crippen LogP contribution in [0.1, 0.15) is 145 Å². The molecule has 0 unspecified atom stereocenters. The predicted octanol–water partition coefficient (Wildman–Crippen LogP) is 3.54. The molecule has 0 aliphatic carbocycles. The van der Waals surface area contributed by atoms with Crippen LogP contribution in [0.15, 0.2) is 54.6 Å². The average Bonchev–Trinajstić information content (AvgIpc) is 0.823. The van der Waals surface area contributed by atoms with Crippen LogP contribution in [0, 0.1) is 23.7 Å². The molecule has 11 atom stereocenters. The Hall–Kier alpha value is -8.21. The highest BCUT2D eigenvalue weighted by atomic mass is 19.4. The van der Waals surface area contributed by atoms with E-state index in [0.29, 0.717) is 31.5 Å². The Labute approximate surface area is 593 Å². The van der Waals surface area contributed by atoms with Gasteiger partial charge < -0.3 is 70.7 Å². The minimum atomic E-state index is -4.73. The summed E-state index contributed by atoms with van der Waals surface area (Å²) in [4.78, 5) is 186. The topological polar surface area (TPSA) is 317 Å². The zero-order valence-electron chi connectivity index (χ0n) is 62.4. The number of aliphatic hydroxyl groups is 1. The van der Waals surface area contributed by atoms with E-state index in [4.69, 9.17) is 4.74 Å². The van der Waals surface area contributed by atoms with Gasteiger partial charge in [-0.15, -0.1) is 0 Å². The van der Waals surface area contributed by atoms with Crippen LogP contribution >= 0.6 is 0 Å². The van der Waals surface area contributed by atoms with Crippen molar-refractivity contribution < 1.29 is 80.5 Å². The van der Waals surface area contributed by atoms with Crippen LogP contribution in [0.5, 0.6) is 0 Å². The maximum Gasteiger partial charge on any atom is 0.416 e. The number of ether oxygens (including phenoxy) is 1. The third-order valence-corrected chi connectivity index (χ3v) is 18.4. The van der Waals surface area contributed by atoms with Crippen LogP contribution in [-0.4, -0.2) is 251 Å². The normalized spacial score (nSPS) is 25.2. The molecular formula is C72H111F3N12O14. The number of hydrogen-bond donors (Lipinski definition) is 6. The van der Waals surface area contributed by atoms with E-state index >= 15 is 14.4 Å². The lowest BCUT2D eigenvalue weighted by Gasteiger charge is -2.37. The number of benzene rings is 2. The molecule has 0 bridgehead atoms. The van der Waals surface area contributed by atoms with Gasteiger partial charge in [-0.2, -0.15) is 13.2 Å². The summed E-state index contributed by atoms with van der Waals surface area (Å²) in [5.41, 5.74) is -1.14. The fraction of sp³-hybridized carbons (Fsp3) is 0.667. The van der Waals surface area contributed by atoms with Gasteiger partial charge in [0.15, 0.2) is 0 Å². The zero-order valence-corrected chi connectivity index (χ0v) is 62.4. The zero-order chi connectivity index (χ0) is 76.5. The second-order valence-corrected chi connectivity index (χ2v) is 29.5. The van der Waals surface area contributed by atoms with Gasteiger partial charge >= 0.3 is 6.18 Å². The molecule has 6 N–H and O–H groups in total. The largest absolute Gasteiger partial charge is 0.416 e. The summed E-state index contributed by atoms with van der Waals surface area (Å²) < 4.78 is 47.7. The number of hydrogen-bond acceptors (Lipinski definition) is 14. The fourth-order valence-electron chi connectivity index (χ4n) is 12.2. The van der Waals surface area contributed by atoms with Gasteiger partial charge in [-0.1, -0.05) is 97.9 Å². The SMILES string of the molecule is CC(C)C[C@H]1C(=O)N[C@@H](COC(C)(C)C)C(=O)N(C)[C@@H](Cc2ccccc2)C(=O)N(C)[C@@H](C)C(=O)N[C@H](C(=O)N2CCCCC2)CC(=O)N[C@H](C(C)C)C(=O)N(C)[C@@H](C(C)C)C(=O)N[C@@H](Cc2ccc(C(F)(F)F)cc2)C(=O)N(C)[C@@H](CC(C)C)C(=O)N[C@@H]([C@@H](C)O)C(=O)N(C)CC(=O)N1C. The van der Waals surface area contributed by atoms with E-state index < -0.39 is 193 Å². The monoisotopic (exact) mass is 1420 g/mol. The van der Waals surface area contributed by atoms with E-state index in [1.165, 1.54) is 61.0 Å². The summed E-state index contributed by atoms with van der Waals surface area (Å²) >= 11 is 0. The number of alkyl halides is 3. The van der Waals surface area contributed by atoms with E-state index in [-0.39, 0.29) is 36.7 Å². The Morgan fingerprint density at radius 3 is 1.57 bits per heavy atom. The standard InChI is InChI=1S/C72H111F3N12O14/c1-41(2)34-53-62(92)78-52(40-101-71(11,12)13)66(96)85(18)55(37-47-26-22-20-23-27-47)68(98)82(15)45(9)61(91)76-51(67(97)87-32-24-21-25-33-87)38-56(89)79-58(43(5)6)70(100)86(19)60(44(7)8)64(94)77-50(36-48-28-30-49(31-29-48)72(73,74)75)65(95)84(17)54(35-42(3)4)63(93)80-59(46(10)88)69(99)81(14)39-57(90)83(53)16/h20,22-23,26-31,41-46,50-55,58-60,88H,21,24-25,32-40H2,1-19H3,(H,76,91)(H,77,94)(H,78,92)(H,79,89)(H,80,93)/t45-,46+,50-,51-,52-,53-,54-,55-,58+,59-,60-/m0/s1. The number of carbonyl (C=O) groups excluding carboxylic acids is 12. The van der Waals surface area contributed by atoms with Gasteiger partial charge in [0.25, 0.3) is 0 Å². The Morgan fingerprint density at radius 2 is 1.06 bits per heavy atom. The van der Waals surface area contributed by atoms with Gasteiger partial charge in [0, 0.05) is 68.2 Å². The van der Waals surface area contributed by atoms with Crippen LogP contribution in [0.3, 0.4) is 0 Å². The van der Waals surface area contributed by atoms with Gasteiger partial charge in [0.1, 0.15) is 60.4 Å². The molecule has 2 aliphatic rings. The number of aliphatic hydroxyl groups excluding tert-OH is 1. The van der Waals surface area contributed by atoms with Crippen molar-refractivity contribution in [2.24, 2.45) is 23.7 Å². The molecule has 564 valence electrons. The number of likely N-dealkylation sites (N-methyl/N-ethyl adjacent to an activating group) is 6. The molecule has 4 rings (SSSR count). The van der Waals surface area contributed by atoms with Crippen LogP contribution < -0.4 is 26.6 Å². The van der Waals surface area contributed by atoms with Crippen LogP contribution in [0.2, 0.25) is 0 Å². The van der Waals surface area contributed by atoms with Crippen LogP contribution in [-0.2, 0) is 81.3 Å². The first kappa shape index (κ1) is 85.2. The fourth-order valence-corrected chi connectivity index (χ4v) is 12.2. The minimum Gasteiger partial charge on any atom is -0.391 e. The van der Waals surface area contributed by atoms with Gasteiger partial charge in [-0.05, 0) is 114 Å². The molecule has 12 amide bonds. The van der Waals surface area contributed by atoms with Gasteiger partial charge in [-0.25, -0.2) is 0 Å². The molecule has 2 heterocycles. The van der Waals surface area contributed by atoms with Crippen molar-refractivity contribution in [3.05, 3.63) is 71.3 Å². The van der Waals surface area contributed by atoms with Crippen molar-refractivity contribution in [2.75, 3.05) is 68.5 Å². The lowest BCUT2D eigenvalue weighted by Crippen LogP contribution is -2.62. The molecule has 0 saturated carbocycles. The lowest BCUT2D eigenvalue weighted by molar-refractivity contribution is -0.151. The highest BCUT2D eigenvalue weighted by Gasteiger charge is 2.44. The molecule has 0 spiro atoms. The molecule has 29 heteroatoms. The van der Waals surface area contributed by atoms with Crippen molar-refractivity contribution in [1.82, 2.24) is 60.9 Å². The van der Waals surface area contributed by atoms with E-state index in [0.717, 1.165) is 60.1 Å². The van der Waals surface area contributed by atoms with Crippen molar-refractivity contribution in [1.29, 1.82) is 0 Å². The van der Waals surface area contributed by atoms with Crippen molar-refractivity contribution in [3.8, 4) is 0 Å². The lowest BCUT2D eigenvalue weighted by atomic mass is 9.96. The highest BCUT2D eigenvalue weighted by molar-refractivity contribution is 6.00. The average molecular weight is 1430 g/mol. The first-order chi connectivity index (χ1) is 46.9. The Bertz CT molecular complexity index is 3190. The third kappa shape index (κ3) is 24.5. The van der Waals surface area contributed by atoms with Gasteiger partial charge in [0.05, 0.1) is 36.8 Å². The van der Waals surface area contributed by atoms with Gasteiger partial charge in [0.2, 0.25) is 70.9 Å². The van der Waals surface area contributed by atoms with E-state index in [1.807, 2.05) is 0 Å². The second-order valence-electron chi connectivity index (χ2n) is 29.5. The van der Waals surface area contributed by atoms with Crippen molar-refractivity contribution in [2.45, 2.75) is 220 Å². The number of nitrogens with one attached hydrogen (secondary N) is 5. The van der Waals surface area contributed by atoms with Gasteiger partial charge in [-0.3, -0.25) is 57.5 Å². The number of halogens is 3. The molecule has 101 heavy (non-hydrogen) atoms. The first-order valence-corrected chi connectivity index (χ1v) is 34.8. The molecule has 2 aromatic rings. The summed E-state index contributed by atoms with van der Waals surface area (Å²) in [5.74, 6) is -12.1. The quantitative estimate of drug-likeness (QED) is 0.158. The number of amides is 12. The van der Waals surface area contributed by atoms with E-state index in [9.17, 15) is 61.4 Å². The van der Waals surface area contributed by atoms with Crippen molar-refractivity contribution >= 4 is 70.9 Å². The molecule has 2 saturated heterocycles. The van der Waals surface area contributed by atoms with E-state index in [2.05, 4.69) is 26.6 Å².